The van der Waals surface area contributed by atoms with E-state index in [9.17, 15) is 12.8 Å². The molecule has 4 nitrogen and oxygen atoms in total. The van der Waals surface area contributed by atoms with E-state index in [4.69, 9.17) is 0 Å². The van der Waals surface area contributed by atoms with Crippen molar-refractivity contribution < 1.29 is 12.8 Å². The van der Waals surface area contributed by atoms with Crippen LogP contribution < -0.4 is 4.72 Å². The van der Waals surface area contributed by atoms with Gasteiger partial charge in [0.15, 0.2) is 0 Å². The van der Waals surface area contributed by atoms with Crippen LogP contribution in [0.3, 0.4) is 0 Å². The fourth-order valence-corrected chi connectivity index (χ4v) is 3.75. The van der Waals surface area contributed by atoms with Gasteiger partial charge in [-0.3, -0.25) is 0 Å². The zero-order valence-electron chi connectivity index (χ0n) is 11.8. The molecule has 1 unspecified atom stereocenters. The number of sulfonamides is 1. The maximum atomic E-state index is 13.1. The van der Waals surface area contributed by atoms with Gasteiger partial charge in [0.1, 0.15) is 5.82 Å². The third-order valence-electron chi connectivity index (χ3n) is 3.12. The molecule has 0 bridgehead atoms. The third kappa shape index (κ3) is 4.10. The van der Waals surface area contributed by atoms with Crippen molar-refractivity contribution in [1.82, 2.24) is 9.62 Å². The first-order valence-electron chi connectivity index (χ1n) is 6.34. The van der Waals surface area contributed by atoms with Crippen LogP contribution in [-0.2, 0) is 10.0 Å². The Morgan fingerprint density at radius 3 is 2.67 bits per heavy atom. The van der Waals surface area contributed by atoms with Crippen molar-refractivity contribution in [3.05, 3.63) is 52.5 Å². The van der Waals surface area contributed by atoms with Crippen molar-refractivity contribution in [2.75, 3.05) is 20.6 Å². The lowest BCUT2D eigenvalue weighted by Crippen LogP contribution is -2.34. The summed E-state index contributed by atoms with van der Waals surface area (Å²) in [5.41, 5.74) is 1.05. The molecule has 2 aromatic rings. The maximum absolute atomic E-state index is 13.1. The van der Waals surface area contributed by atoms with Gasteiger partial charge in [-0.25, -0.2) is 17.5 Å². The van der Waals surface area contributed by atoms with Crippen LogP contribution in [0, 0.1) is 5.82 Å². The summed E-state index contributed by atoms with van der Waals surface area (Å²) in [5, 5.41) is 3.94. The molecule has 1 aromatic carbocycles. The Balaban J connectivity index is 2.13. The summed E-state index contributed by atoms with van der Waals surface area (Å²) in [6.07, 6.45) is 0. The number of halogens is 1. The number of nitrogens with one attached hydrogen (secondary N) is 1. The van der Waals surface area contributed by atoms with Crippen LogP contribution in [-0.4, -0.2) is 34.0 Å². The largest absolute Gasteiger partial charge is 0.301 e. The molecule has 0 aliphatic carbocycles. The number of hydrogen-bond acceptors (Lipinski definition) is 4. The number of hydrogen-bond donors (Lipinski definition) is 1. The number of likely N-dealkylation sites (N-methyl/N-ethyl adjacent to an activating group) is 1. The lowest BCUT2D eigenvalue weighted by atomic mass is 10.1. The number of nitrogens with zero attached hydrogens (tertiary/aromatic N) is 1. The van der Waals surface area contributed by atoms with Gasteiger partial charge < -0.3 is 4.90 Å². The van der Waals surface area contributed by atoms with Crippen molar-refractivity contribution in [3.63, 3.8) is 0 Å². The van der Waals surface area contributed by atoms with E-state index >= 15 is 0 Å². The molecule has 114 valence electrons. The Bertz CT molecular complexity index is 685. The predicted molar refractivity (Wildman–Crippen MR) is 82.3 cm³/mol. The van der Waals surface area contributed by atoms with Crippen LogP contribution in [0.25, 0.3) is 0 Å². The minimum absolute atomic E-state index is 0.0645. The fraction of sp³-hybridized carbons (Fsp3) is 0.286. The van der Waals surface area contributed by atoms with E-state index in [1.54, 1.807) is 11.3 Å². The van der Waals surface area contributed by atoms with Gasteiger partial charge in [-0.15, -0.1) is 0 Å². The minimum atomic E-state index is -3.72. The van der Waals surface area contributed by atoms with Crippen LogP contribution in [0.5, 0.6) is 0 Å². The third-order valence-corrected chi connectivity index (χ3v) is 5.25. The van der Waals surface area contributed by atoms with E-state index in [0.29, 0.717) is 0 Å². The SMILES string of the molecule is CN(C)C(CNS(=O)(=O)c1cccc(F)c1)c1ccsc1. The molecule has 0 radical (unpaired) electrons. The van der Waals surface area contributed by atoms with Gasteiger partial charge in [0.2, 0.25) is 10.0 Å². The summed E-state index contributed by atoms with van der Waals surface area (Å²) in [4.78, 5) is 1.88. The quantitative estimate of drug-likeness (QED) is 0.886. The van der Waals surface area contributed by atoms with Crippen LogP contribution in [0.1, 0.15) is 11.6 Å². The first kappa shape index (κ1) is 16.1. The second kappa shape index (κ2) is 6.65. The smallest absolute Gasteiger partial charge is 0.240 e. The van der Waals surface area contributed by atoms with Gasteiger partial charge in [-0.1, -0.05) is 6.07 Å². The van der Waals surface area contributed by atoms with Gasteiger partial charge in [-0.05, 0) is 54.7 Å². The summed E-state index contributed by atoms with van der Waals surface area (Å²) in [6.45, 7) is 0.225. The van der Waals surface area contributed by atoms with Crippen LogP contribution in [0.4, 0.5) is 4.39 Å². The summed E-state index contributed by atoms with van der Waals surface area (Å²) < 4.78 is 40.1. The predicted octanol–water partition coefficient (Wildman–Crippen LogP) is 2.47. The Morgan fingerprint density at radius 2 is 2.10 bits per heavy atom. The summed E-state index contributed by atoms with van der Waals surface area (Å²) in [5.74, 6) is -0.570. The first-order valence-corrected chi connectivity index (χ1v) is 8.76. The molecule has 2 rings (SSSR count). The van der Waals surface area contributed by atoms with Gasteiger partial charge in [0.25, 0.3) is 0 Å². The van der Waals surface area contributed by atoms with Crippen LogP contribution in [0.15, 0.2) is 46.0 Å². The van der Waals surface area contributed by atoms with Crippen molar-refractivity contribution in [3.8, 4) is 0 Å². The molecule has 1 atom stereocenters. The summed E-state index contributed by atoms with van der Waals surface area (Å²) in [6, 6.07) is 6.88. The Hall–Kier alpha value is -1.28. The molecule has 1 aromatic heterocycles. The van der Waals surface area contributed by atoms with E-state index in [1.165, 1.54) is 18.2 Å². The van der Waals surface area contributed by atoms with E-state index < -0.39 is 15.8 Å². The highest BCUT2D eigenvalue weighted by Crippen LogP contribution is 2.21. The normalized spacial score (nSPS) is 13.5. The second-order valence-corrected chi connectivity index (χ2v) is 7.39. The Labute approximate surface area is 128 Å². The molecule has 0 aliphatic heterocycles. The molecule has 0 amide bonds. The number of benzene rings is 1. The molecule has 1 N–H and O–H groups in total. The standard InChI is InChI=1S/C14H17FN2O2S2/c1-17(2)14(11-6-7-20-10-11)9-16-21(18,19)13-5-3-4-12(15)8-13/h3-8,10,14,16H,9H2,1-2H3. The topological polar surface area (TPSA) is 49.4 Å². The van der Waals surface area contributed by atoms with Gasteiger partial charge in [-0.2, -0.15) is 11.3 Å². The van der Waals surface area contributed by atoms with Gasteiger partial charge >= 0.3 is 0 Å². The number of rotatable bonds is 6. The minimum Gasteiger partial charge on any atom is -0.301 e. The molecule has 7 heteroatoms. The average Bonchev–Trinajstić information content (AvgIpc) is 2.92. The molecule has 21 heavy (non-hydrogen) atoms. The first-order chi connectivity index (χ1) is 9.90. The van der Waals surface area contributed by atoms with Crippen LogP contribution in [0.2, 0.25) is 0 Å². The highest BCUT2D eigenvalue weighted by atomic mass is 32.2. The van der Waals surface area contributed by atoms with Crippen molar-refractivity contribution in [2.24, 2.45) is 0 Å². The lowest BCUT2D eigenvalue weighted by molar-refractivity contribution is 0.300. The van der Waals surface area contributed by atoms with E-state index in [0.717, 1.165) is 11.6 Å². The fourth-order valence-electron chi connectivity index (χ4n) is 1.97. The van der Waals surface area contributed by atoms with E-state index in [1.807, 2.05) is 35.8 Å². The molecule has 0 aliphatic rings. The lowest BCUT2D eigenvalue weighted by Gasteiger charge is -2.24. The van der Waals surface area contributed by atoms with E-state index in [2.05, 4.69) is 4.72 Å². The van der Waals surface area contributed by atoms with Gasteiger partial charge in [0.05, 0.1) is 4.90 Å². The highest BCUT2D eigenvalue weighted by molar-refractivity contribution is 7.89. The maximum Gasteiger partial charge on any atom is 0.240 e. The molecule has 0 spiro atoms. The Morgan fingerprint density at radius 1 is 1.33 bits per heavy atom. The Kier molecular flexibility index (Phi) is 5.10. The van der Waals surface area contributed by atoms with Crippen molar-refractivity contribution in [1.29, 1.82) is 0 Å². The van der Waals surface area contributed by atoms with Crippen LogP contribution >= 0.6 is 11.3 Å². The van der Waals surface area contributed by atoms with Gasteiger partial charge in [0, 0.05) is 12.6 Å². The monoisotopic (exact) mass is 328 g/mol. The van der Waals surface area contributed by atoms with Crippen molar-refractivity contribution in [2.45, 2.75) is 10.9 Å². The van der Waals surface area contributed by atoms with Crippen molar-refractivity contribution >= 4 is 21.4 Å². The summed E-state index contributed by atoms with van der Waals surface area (Å²) >= 11 is 1.56. The molecule has 1 heterocycles. The zero-order chi connectivity index (χ0) is 15.5. The molecular formula is C14H17FN2O2S2. The highest BCUT2D eigenvalue weighted by Gasteiger charge is 2.20. The molecule has 0 fully saturated rings. The number of thiophene rings is 1. The molecular weight excluding hydrogens is 311 g/mol. The molecule has 0 saturated heterocycles. The molecule has 0 saturated carbocycles. The average molecular weight is 328 g/mol. The summed E-state index contributed by atoms with van der Waals surface area (Å²) in [7, 11) is 0.0597. The zero-order valence-corrected chi connectivity index (χ0v) is 13.4. The van der Waals surface area contributed by atoms with E-state index in [-0.39, 0.29) is 17.5 Å². The second-order valence-electron chi connectivity index (χ2n) is 4.85.